The summed E-state index contributed by atoms with van der Waals surface area (Å²) in [5.41, 5.74) is 5.74. The number of imidazole rings is 1. The molecule has 22 heavy (non-hydrogen) atoms. The summed E-state index contributed by atoms with van der Waals surface area (Å²) in [4.78, 5) is 4.91. The van der Waals surface area contributed by atoms with Crippen molar-refractivity contribution >= 4 is 17.0 Å². The first-order valence-corrected chi connectivity index (χ1v) is 8.48. The minimum Gasteiger partial charge on any atom is -0.348 e. The molecule has 2 aliphatic rings. The molecule has 1 aromatic heterocycles. The average Bonchev–Trinajstić information content (AvgIpc) is 2.80. The zero-order chi connectivity index (χ0) is 15.9. The van der Waals surface area contributed by atoms with Crippen LogP contribution in [0.3, 0.4) is 0 Å². The predicted octanol–water partition coefficient (Wildman–Crippen LogP) is 4.59. The normalized spacial score (nSPS) is 23.9. The van der Waals surface area contributed by atoms with Crippen molar-refractivity contribution in [2.75, 3.05) is 5.32 Å². The van der Waals surface area contributed by atoms with Gasteiger partial charge >= 0.3 is 0 Å². The number of nitrogens with zero attached hydrogens (tertiary/aromatic N) is 2. The summed E-state index contributed by atoms with van der Waals surface area (Å²) in [7, 11) is 0. The van der Waals surface area contributed by atoms with Crippen LogP contribution >= 0.6 is 0 Å². The molecular weight excluding hydrogens is 270 g/mol. The average molecular weight is 297 g/mol. The van der Waals surface area contributed by atoms with E-state index in [-0.39, 0.29) is 16.5 Å². The summed E-state index contributed by atoms with van der Waals surface area (Å²) < 4.78 is 2.41. The Hall–Kier alpha value is -1.51. The first-order chi connectivity index (χ1) is 10.1. The third-order valence-electron chi connectivity index (χ3n) is 6.37. The Morgan fingerprint density at radius 2 is 1.82 bits per heavy atom. The van der Waals surface area contributed by atoms with Gasteiger partial charge in [-0.05, 0) is 75.6 Å². The number of hydrogen-bond acceptors (Lipinski definition) is 2. The third kappa shape index (κ3) is 1.60. The number of rotatable bonds is 0. The molecule has 1 aromatic carbocycles. The molecule has 3 heteroatoms. The molecule has 0 spiro atoms. The summed E-state index contributed by atoms with van der Waals surface area (Å²) in [6.07, 6.45) is 3.77. The molecule has 0 saturated heterocycles. The zero-order valence-electron chi connectivity index (χ0n) is 14.7. The molecule has 1 N–H and O–H groups in total. The van der Waals surface area contributed by atoms with Crippen molar-refractivity contribution in [3.63, 3.8) is 0 Å². The van der Waals surface area contributed by atoms with Crippen molar-refractivity contribution in [1.29, 1.82) is 0 Å². The molecule has 0 radical (unpaired) electrons. The fourth-order valence-corrected chi connectivity index (χ4v) is 4.22. The van der Waals surface area contributed by atoms with Crippen LogP contribution in [0.4, 0.5) is 5.95 Å². The van der Waals surface area contributed by atoms with Gasteiger partial charge in [-0.25, -0.2) is 4.98 Å². The fourth-order valence-electron chi connectivity index (χ4n) is 4.22. The van der Waals surface area contributed by atoms with Crippen LogP contribution in [-0.4, -0.2) is 15.1 Å². The lowest BCUT2D eigenvalue weighted by Crippen LogP contribution is -2.46. The van der Waals surface area contributed by atoms with Crippen LogP contribution in [0.1, 0.15) is 65.5 Å². The van der Waals surface area contributed by atoms with E-state index in [0.29, 0.717) is 0 Å². The second kappa shape index (κ2) is 3.87. The van der Waals surface area contributed by atoms with Gasteiger partial charge in [0.25, 0.3) is 0 Å². The molecule has 2 aromatic rings. The van der Waals surface area contributed by atoms with E-state index in [1.54, 1.807) is 0 Å². The van der Waals surface area contributed by atoms with Crippen molar-refractivity contribution in [1.82, 2.24) is 9.55 Å². The Morgan fingerprint density at radius 1 is 1.09 bits per heavy atom. The minimum absolute atomic E-state index is 0.00943. The van der Waals surface area contributed by atoms with Gasteiger partial charge in [0.2, 0.25) is 5.95 Å². The van der Waals surface area contributed by atoms with E-state index in [4.69, 9.17) is 4.98 Å². The SMILES string of the molecule is CC1(C)CCCc2cc3c(cc21)nc1n3C(C)(C)C(C)(C)N1. The van der Waals surface area contributed by atoms with Crippen molar-refractivity contribution in [2.24, 2.45) is 0 Å². The molecule has 3 nitrogen and oxygen atoms in total. The van der Waals surface area contributed by atoms with E-state index in [2.05, 4.69) is 63.6 Å². The third-order valence-corrected chi connectivity index (χ3v) is 6.37. The first-order valence-electron chi connectivity index (χ1n) is 8.48. The van der Waals surface area contributed by atoms with E-state index in [0.717, 1.165) is 11.5 Å². The molecule has 0 saturated carbocycles. The summed E-state index contributed by atoms with van der Waals surface area (Å²) in [6.45, 7) is 13.9. The molecule has 4 rings (SSSR count). The lowest BCUT2D eigenvalue weighted by atomic mass is 9.72. The maximum Gasteiger partial charge on any atom is 0.204 e. The Morgan fingerprint density at radius 3 is 2.55 bits per heavy atom. The van der Waals surface area contributed by atoms with Gasteiger partial charge < -0.3 is 9.88 Å². The minimum atomic E-state index is 0.00943. The van der Waals surface area contributed by atoms with Crippen LogP contribution in [-0.2, 0) is 17.4 Å². The van der Waals surface area contributed by atoms with Gasteiger partial charge in [0, 0.05) is 0 Å². The van der Waals surface area contributed by atoms with E-state index in [9.17, 15) is 0 Å². The Bertz CT molecular complexity index is 778. The maximum atomic E-state index is 4.91. The predicted molar refractivity (Wildman–Crippen MR) is 92.7 cm³/mol. The molecule has 2 heterocycles. The Labute approximate surface area is 133 Å². The highest BCUT2D eigenvalue weighted by Crippen LogP contribution is 2.45. The Kier molecular flexibility index (Phi) is 2.48. The molecule has 0 bridgehead atoms. The number of benzene rings is 1. The number of hydrogen-bond donors (Lipinski definition) is 1. The van der Waals surface area contributed by atoms with Crippen molar-refractivity contribution in [2.45, 2.75) is 77.3 Å². The fraction of sp³-hybridized carbons (Fsp3) is 0.632. The molecular formula is C19H27N3. The maximum absolute atomic E-state index is 4.91. The van der Waals surface area contributed by atoms with Crippen LogP contribution in [0.15, 0.2) is 12.1 Å². The van der Waals surface area contributed by atoms with E-state index in [1.165, 1.54) is 35.9 Å². The molecule has 1 aliphatic carbocycles. The van der Waals surface area contributed by atoms with Gasteiger partial charge in [-0.3, -0.25) is 0 Å². The number of anilines is 1. The number of aryl methyl sites for hydroxylation is 1. The van der Waals surface area contributed by atoms with E-state index >= 15 is 0 Å². The van der Waals surface area contributed by atoms with Gasteiger partial charge in [-0.1, -0.05) is 13.8 Å². The first kappa shape index (κ1) is 14.1. The number of nitrogens with one attached hydrogen (secondary N) is 1. The zero-order valence-corrected chi connectivity index (χ0v) is 14.7. The Balaban J connectivity index is 1.99. The van der Waals surface area contributed by atoms with Crippen LogP contribution in [0.25, 0.3) is 11.0 Å². The van der Waals surface area contributed by atoms with Crippen molar-refractivity contribution in [3.05, 3.63) is 23.3 Å². The van der Waals surface area contributed by atoms with E-state index < -0.39 is 0 Å². The smallest absolute Gasteiger partial charge is 0.204 e. The number of fused-ring (bicyclic) bond motifs is 4. The lowest BCUT2D eigenvalue weighted by Gasteiger charge is -2.36. The van der Waals surface area contributed by atoms with Gasteiger partial charge in [0.15, 0.2) is 0 Å². The molecule has 0 fully saturated rings. The molecule has 0 unspecified atom stereocenters. The van der Waals surface area contributed by atoms with Gasteiger partial charge in [-0.15, -0.1) is 0 Å². The molecule has 118 valence electrons. The highest BCUT2D eigenvalue weighted by molar-refractivity contribution is 5.83. The van der Waals surface area contributed by atoms with Crippen LogP contribution in [0.2, 0.25) is 0 Å². The standard InChI is InChI=1S/C19H27N3/c1-17(2)9-7-8-12-10-15-14(11-13(12)17)20-16-21-18(3,4)19(5,6)22(15)16/h10-11H,7-9H2,1-6H3,(H,20,21). The van der Waals surface area contributed by atoms with Crippen LogP contribution in [0, 0.1) is 0 Å². The van der Waals surface area contributed by atoms with E-state index in [1.807, 2.05) is 0 Å². The van der Waals surface area contributed by atoms with Crippen LogP contribution in [0.5, 0.6) is 0 Å². The molecule has 1 aliphatic heterocycles. The van der Waals surface area contributed by atoms with Gasteiger partial charge in [0.05, 0.1) is 22.1 Å². The topological polar surface area (TPSA) is 29.9 Å². The highest BCUT2D eigenvalue weighted by atomic mass is 15.3. The van der Waals surface area contributed by atoms with Crippen LogP contribution < -0.4 is 5.32 Å². The lowest BCUT2D eigenvalue weighted by molar-refractivity contribution is 0.270. The van der Waals surface area contributed by atoms with Gasteiger partial charge in [-0.2, -0.15) is 0 Å². The second-order valence-corrected chi connectivity index (χ2v) is 8.82. The summed E-state index contributed by atoms with van der Waals surface area (Å²) in [6, 6.07) is 4.76. The quantitative estimate of drug-likeness (QED) is 0.771. The molecule has 0 atom stereocenters. The molecule has 0 amide bonds. The highest BCUT2D eigenvalue weighted by Gasteiger charge is 2.47. The second-order valence-electron chi connectivity index (χ2n) is 8.82. The van der Waals surface area contributed by atoms with Gasteiger partial charge in [0.1, 0.15) is 0 Å². The van der Waals surface area contributed by atoms with Crippen molar-refractivity contribution in [3.8, 4) is 0 Å². The summed E-state index contributed by atoms with van der Waals surface area (Å²) in [5, 5.41) is 3.62. The largest absolute Gasteiger partial charge is 0.348 e. The monoisotopic (exact) mass is 297 g/mol. The van der Waals surface area contributed by atoms with Crippen molar-refractivity contribution < 1.29 is 0 Å². The number of aromatic nitrogens is 2. The summed E-state index contributed by atoms with van der Waals surface area (Å²) >= 11 is 0. The summed E-state index contributed by atoms with van der Waals surface area (Å²) in [5.74, 6) is 1.02.